The minimum Gasteiger partial charge on any atom is -0.508 e. The van der Waals surface area contributed by atoms with Crippen molar-refractivity contribution in [3.8, 4) is 5.75 Å². The van der Waals surface area contributed by atoms with Crippen molar-refractivity contribution < 1.29 is 19.8 Å². The molecule has 0 spiro atoms. The van der Waals surface area contributed by atoms with E-state index in [2.05, 4.69) is 0 Å². The molecule has 0 bridgehead atoms. The Bertz CT molecular complexity index is 1060. The highest BCUT2D eigenvalue weighted by Crippen LogP contribution is 2.42. The molecule has 1 amide bonds. The molecule has 3 aromatic carbocycles. The molecule has 2 N–H and O–H groups in total. The lowest BCUT2D eigenvalue weighted by atomic mass is 9.95. The molecule has 1 aliphatic rings. The minimum absolute atomic E-state index is 0.0375. The number of anilines is 1. The van der Waals surface area contributed by atoms with Crippen molar-refractivity contribution in [1.82, 2.24) is 0 Å². The highest BCUT2D eigenvalue weighted by molar-refractivity contribution is 6.51. The zero-order valence-corrected chi connectivity index (χ0v) is 14.8. The van der Waals surface area contributed by atoms with Crippen molar-refractivity contribution in [3.05, 3.63) is 102 Å². The first-order valence-electron chi connectivity index (χ1n) is 8.78. The van der Waals surface area contributed by atoms with Crippen LogP contribution in [0.3, 0.4) is 0 Å². The van der Waals surface area contributed by atoms with Crippen LogP contribution in [0.5, 0.6) is 5.75 Å². The molecule has 1 aliphatic heterocycles. The number of hydrogen-bond acceptors (Lipinski definition) is 4. The van der Waals surface area contributed by atoms with Crippen LogP contribution < -0.4 is 4.90 Å². The molecule has 0 unspecified atom stereocenters. The summed E-state index contributed by atoms with van der Waals surface area (Å²) < 4.78 is 0. The van der Waals surface area contributed by atoms with Crippen molar-refractivity contribution >= 4 is 23.1 Å². The average Bonchev–Trinajstić information content (AvgIpc) is 3.00. The van der Waals surface area contributed by atoms with Crippen LogP contribution in [0.15, 0.2) is 90.5 Å². The third-order valence-corrected chi connectivity index (χ3v) is 4.73. The van der Waals surface area contributed by atoms with Crippen LogP contribution in [0.2, 0.25) is 0 Å². The molecule has 5 heteroatoms. The van der Waals surface area contributed by atoms with Crippen molar-refractivity contribution in [3.63, 3.8) is 0 Å². The number of aliphatic hydroxyl groups is 1. The van der Waals surface area contributed by atoms with Crippen LogP contribution in [0.25, 0.3) is 5.76 Å². The van der Waals surface area contributed by atoms with Gasteiger partial charge in [0.25, 0.3) is 11.7 Å². The van der Waals surface area contributed by atoms with E-state index in [0.717, 1.165) is 0 Å². The Balaban J connectivity index is 1.94. The number of aliphatic hydroxyl groups excluding tert-OH is 1. The van der Waals surface area contributed by atoms with E-state index in [-0.39, 0.29) is 17.1 Å². The summed E-state index contributed by atoms with van der Waals surface area (Å²) in [7, 11) is 0. The van der Waals surface area contributed by atoms with Crippen LogP contribution in [0.1, 0.15) is 17.2 Å². The predicted octanol–water partition coefficient (Wildman–Crippen LogP) is 4.02. The molecule has 1 heterocycles. The first kappa shape index (κ1) is 17.5. The summed E-state index contributed by atoms with van der Waals surface area (Å²) in [5.74, 6) is -1.63. The number of nitrogens with zero attached hydrogens (tertiary/aromatic N) is 1. The molecule has 28 heavy (non-hydrogen) atoms. The zero-order chi connectivity index (χ0) is 19.7. The molecule has 138 valence electrons. The number of ketones is 1. The van der Waals surface area contributed by atoms with Gasteiger partial charge in [0.2, 0.25) is 0 Å². The number of phenolic OH excluding ortho intramolecular Hbond substituents is 1. The average molecular weight is 371 g/mol. The normalized spacial score (nSPS) is 18.4. The fourth-order valence-electron chi connectivity index (χ4n) is 3.41. The largest absolute Gasteiger partial charge is 0.508 e. The van der Waals surface area contributed by atoms with E-state index in [9.17, 15) is 19.8 Å². The number of hydrogen-bond donors (Lipinski definition) is 2. The Hall–Kier alpha value is -3.86. The smallest absolute Gasteiger partial charge is 0.300 e. The van der Waals surface area contributed by atoms with Gasteiger partial charge in [0.15, 0.2) is 0 Å². The molecule has 1 atom stereocenters. The molecule has 1 saturated heterocycles. The van der Waals surface area contributed by atoms with Gasteiger partial charge in [0.05, 0.1) is 11.6 Å². The maximum absolute atomic E-state index is 12.9. The van der Waals surface area contributed by atoms with Crippen LogP contribution >= 0.6 is 0 Å². The Labute approximate surface area is 161 Å². The highest BCUT2D eigenvalue weighted by Gasteiger charge is 2.46. The fraction of sp³-hybridized carbons (Fsp3) is 0.0435. The van der Waals surface area contributed by atoms with Crippen molar-refractivity contribution in [2.45, 2.75) is 6.04 Å². The van der Waals surface area contributed by atoms with E-state index < -0.39 is 17.7 Å². The number of amides is 1. The van der Waals surface area contributed by atoms with Gasteiger partial charge in [-0.2, -0.15) is 0 Å². The maximum atomic E-state index is 12.9. The molecule has 0 saturated carbocycles. The summed E-state index contributed by atoms with van der Waals surface area (Å²) in [5, 5.41) is 20.5. The van der Waals surface area contributed by atoms with Gasteiger partial charge >= 0.3 is 0 Å². The zero-order valence-electron chi connectivity index (χ0n) is 14.8. The topological polar surface area (TPSA) is 77.8 Å². The second-order valence-electron chi connectivity index (χ2n) is 6.46. The van der Waals surface area contributed by atoms with E-state index in [1.165, 1.54) is 17.0 Å². The monoisotopic (exact) mass is 371 g/mol. The number of Topliss-reactive ketones (excluding diaryl/α,β-unsaturated/α-hetero) is 1. The van der Waals surface area contributed by atoms with E-state index >= 15 is 0 Å². The Kier molecular flexibility index (Phi) is 4.41. The number of aromatic hydroxyl groups is 1. The first-order chi connectivity index (χ1) is 13.6. The minimum atomic E-state index is -0.772. The highest BCUT2D eigenvalue weighted by atomic mass is 16.3. The third kappa shape index (κ3) is 2.93. The summed E-state index contributed by atoms with van der Waals surface area (Å²) in [6, 6.07) is 23.0. The van der Waals surface area contributed by atoms with Crippen molar-refractivity contribution in [1.29, 1.82) is 0 Å². The maximum Gasteiger partial charge on any atom is 0.300 e. The molecule has 3 aromatic rings. The van der Waals surface area contributed by atoms with E-state index in [1.807, 2.05) is 30.3 Å². The molecule has 5 nitrogen and oxygen atoms in total. The van der Waals surface area contributed by atoms with Gasteiger partial charge in [-0.1, -0.05) is 60.7 Å². The van der Waals surface area contributed by atoms with Crippen LogP contribution in [-0.4, -0.2) is 21.9 Å². The number of carbonyl (C=O) groups excluding carboxylic acids is 2. The lowest BCUT2D eigenvalue weighted by Crippen LogP contribution is -2.29. The third-order valence-electron chi connectivity index (χ3n) is 4.73. The first-order valence-corrected chi connectivity index (χ1v) is 8.78. The van der Waals surface area contributed by atoms with Gasteiger partial charge < -0.3 is 10.2 Å². The Morgan fingerprint density at radius 1 is 0.786 bits per heavy atom. The summed E-state index contributed by atoms with van der Waals surface area (Å²) in [6.07, 6.45) is 0. The van der Waals surface area contributed by atoms with E-state index in [0.29, 0.717) is 16.8 Å². The van der Waals surface area contributed by atoms with Gasteiger partial charge in [-0.15, -0.1) is 0 Å². The standard InChI is InChI=1S/C23H17NO4/c25-18-13-11-17(12-14-18)24-20(15-7-3-1-4-8-15)19(22(27)23(24)28)21(26)16-9-5-2-6-10-16/h1-14,20,25-26H/b21-19-/t20-/m0/s1. The second kappa shape index (κ2) is 7.04. The number of phenols is 1. The molecular formula is C23H17NO4. The number of benzene rings is 3. The summed E-state index contributed by atoms with van der Waals surface area (Å²) in [5.41, 5.74) is 1.66. The SMILES string of the molecule is O=C1C(=O)N(c2ccc(O)cc2)[C@@H](c2ccccc2)/C1=C(/O)c1ccccc1. The van der Waals surface area contributed by atoms with Gasteiger partial charge in [0.1, 0.15) is 11.5 Å². The molecule has 1 fully saturated rings. The number of rotatable bonds is 3. The summed E-state index contributed by atoms with van der Waals surface area (Å²) in [4.78, 5) is 27.1. The molecule has 0 aromatic heterocycles. The lowest BCUT2D eigenvalue weighted by Gasteiger charge is -2.25. The van der Waals surface area contributed by atoms with Gasteiger partial charge in [-0.3, -0.25) is 14.5 Å². The van der Waals surface area contributed by atoms with E-state index in [1.54, 1.807) is 42.5 Å². The molecule has 0 aliphatic carbocycles. The van der Waals surface area contributed by atoms with Crippen LogP contribution in [-0.2, 0) is 9.59 Å². The molecule has 4 rings (SSSR count). The quantitative estimate of drug-likeness (QED) is 0.414. The Morgan fingerprint density at radius 2 is 1.36 bits per heavy atom. The lowest BCUT2D eigenvalue weighted by molar-refractivity contribution is -0.132. The fourth-order valence-corrected chi connectivity index (χ4v) is 3.41. The van der Waals surface area contributed by atoms with Gasteiger partial charge in [-0.25, -0.2) is 0 Å². The van der Waals surface area contributed by atoms with Crippen LogP contribution in [0.4, 0.5) is 5.69 Å². The number of carbonyl (C=O) groups is 2. The summed E-state index contributed by atoms with van der Waals surface area (Å²) >= 11 is 0. The van der Waals surface area contributed by atoms with Crippen molar-refractivity contribution in [2.24, 2.45) is 0 Å². The molecule has 0 radical (unpaired) electrons. The summed E-state index contributed by atoms with van der Waals surface area (Å²) in [6.45, 7) is 0. The molecular weight excluding hydrogens is 354 g/mol. The predicted molar refractivity (Wildman–Crippen MR) is 106 cm³/mol. The van der Waals surface area contributed by atoms with Gasteiger partial charge in [-0.05, 0) is 29.8 Å². The van der Waals surface area contributed by atoms with Crippen molar-refractivity contribution in [2.75, 3.05) is 4.90 Å². The van der Waals surface area contributed by atoms with Gasteiger partial charge in [0, 0.05) is 11.3 Å². The Morgan fingerprint density at radius 3 is 1.96 bits per heavy atom. The second-order valence-corrected chi connectivity index (χ2v) is 6.46. The van der Waals surface area contributed by atoms with E-state index in [4.69, 9.17) is 0 Å². The van der Waals surface area contributed by atoms with Crippen LogP contribution in [0, 0.1) is 0 Å².